The SMILES string of the molecule is CN1CCN(CCNC(=O)c2cn(COCC[Si](C)(C)C)c3nccc(Br)c23)CC1. The molecule has 0 saturated carbocycles. The molecular weight excluding hydrogens is 462 g/mol. The topological polar surface area (TPSA) is 62.6 Å². The van der Waals surface area contributed by atoms with Gasteiger partial charge in [-0.1, -0.05) is 19.6 Å². The third-order valence-electron chi connectivity index (χ3n) is 5.49. The van der Waals surface area contributed by atoms with E-state index in [9.17, 15) is 4.79 Å². The van der Waals surface area contributed by atoms with Crippen LogP contribution in [0.15, 0.2) is 22.9 Å². The Labute approximate surface area is 188 Å². The number of carbonyl (C=O) groups excluding carboxylic acids is 1. The fraction of sp³-hybridized carbons (Fsp3) is 0.619. The Bertz CT molecular complexity index is 859. The van der Waals surface area contributed by atoms with Crippen molar-refractivity contribution in [2.45, 2.75) is 32.4 Å². The van der Waals surface area contributed by atoms with E-state index in [2.05, 4.69) is 62.7 Å². The number of nitrogens with zero attached hydrogens (tertiary/aromatic N) is 4. The number of ether oxygens (including phenoxy) is 1. The van der Waals surface area contributed by atoms with E-state index in [1.165, 1.54) is 0 Å². The van der Waals surface area contributed by atoms with Crippen LogP contribution in [0.25, 0.3) is 11.0 Å². The zero-order valence-corrected chi connectivity index (χ0v) is 21.2. The minimum Gasteiger partial charge on any atom is -0.361 e. The molecule has 1 amide bonds. The van der Waals surface area contributed by atoms with Crippen LogP contribution >= 0.6 is 15.9 Å². The van der Waals surface area contributed by atoms with E-state index in [0.29, 0.717) is 18.8 Å². The van der Waals surface area contributed by atoms with Crippen LogP contribution in [-0.4, -0.2) is 86.3 Å². The van der Waals surface area contributed by atoms with Crippen molar-refractivity contribution >= 4 is 40.9 Å². The minimum atomic E-state index is -1.13. The number of amides is 1. The van der Waals surface area contributed by atoms with E-state index < -0.39 is 8.07 Å². The second-order valence-electron chi connectivity index (χ2n) is 9.25. The molecule has 0 unspecified atom stereocenters. The van der Waals surface area contributed by atoms with Gasteiger partial charge in [0.2, 0.25) is 0 Å². The summed E-state index contributed by atoms with van der Waals surface area (Å²) in [5, 5.41) is 3.92. The lowest BCUT2D eigenvalue weighted by Gasteiger charge is -2.32. The van der Waals surface area contributed by atoms with Gasteiger partial charge in [0.15, 0.2) is 0 Å². The first-order chi connectivity index (χ1) is 14.2. The number of carbonyl (C=O) groups is 1. The van der Waals surface area contributed by atoms with Crippen molar-refractivity contribution in [1.82, 2.24) is 24.7 Å². The number of pyridine rings is 1. The maximum Gasteiger partial charge on any atom is 0.253 e. The number of aromatic nitrogens is 2. The number of likely N-dealkylation sites (N-methyl/N-ethyl adjacent to an activating group) is 1. The van der Waals surface area contributed by atoms with Crippen LogP contribution < -0.4 is 5.32 Å². The van der Waals surface area contributed by atoms with Crippen LogP contribution in [0.3, 0.4) is 0 Å². The molecule has 3 heterocycles. The summed E-state index contributed by atoms with van der Waals surface area (Å²) in [6.07, 6.45) is 3.61. The second-order valence-corrected chi connectivity index (χ2v) is 15.7. The Morgan fingerprint density at radius 1 is 1.27 bits per heavy atom. The van der Waals surface area contributed by atoms with Crippen LogP contribution in [0, 0.1) is 0 Å². The largest absolute Gasteiger partial charge is 0.361 e. The van der Waals surface area contributed by atoms with Crippen molar-refractivity contribution in [2.75, 3.05) is 52.9 Å². The molecule has 0 radical (unpaired) electrons. The predicted molar refractivity (Wildman–Crippen MR) is 128 cm³/mol. The predicted octanol–water partition coefficient (Wildman–Crippen LogP) is 3.09. The van der Waals surface area contributed by atoms with E-state index in [-0.39, 0.29) is 5.91 Å². The van der Waals surface area contributed by atoms with Crippen LogP contribution in [0.1, 0.15) is 10.4 Å². The number of fused-ring (bicyclic) bond motifs is 1. The molecule has 1 fully saturated rings. The molecule has 2 aromatic rings. The van der Waals surface area contributed by atoms with Gasteiger partial charge < -0.3 is 19.5 Å². The van der Waals surface area contributed by atoms with Crippen molar-refractivity contribution in [3.05, 3.63) is 28.5 Å². The normalized spacial score (nSPS) is 16.3. The smallest absolute Gasteiger partial charge is 0.253 e. The molecule has 1 aliphatic rings. The molecule has 0 aromatic carbocycles. The number of hydrogen-bond acceptors (Lipinski definition) is 5. The zero-order chi connectivity index (χ0) is 21.7. The first-order valence-corrected chi connectivity index (χ1v) is 15.1. The standard InChI is InChI=1S/C21H34BrN5O2Si/c1-25-9-11-26(12-10-25)8-7-24-21(28)17-15-27(16-29-13-14-30(2,3)4)20-19(17)18(22)5-6-23-20/h5-6,15H,7-14,16H2,1-4H3,(H,24,28). The molecule has 0 spiro atoms. The number of rotatable bonds is 9. The fourth-order valence-electron chi connectivity index (χ4n) is 3.48. The summed E-state index contributed by atoms with van der Waals surface area (Å²) < 4.78 is 8.71. The molecule has 3 rings (SSSR count). The molecule has 7 nitrogen and oxygen atoms in total. The van der Waals surface area contributed by atoms with E-state index >= 15 is 0 Å². The van der Waals surface area contributed by atoms with Gasteiger partial charge in [-0.25, -0.2) is 4.98 Å². The molecule has 0 aliphatic carbocycles. The molecule has 2 aromatic heterocycles. The molecule has 0 atom stereocenters. The summed E-state index contributed by atoms with van der Waals surface area (Å²) >= 11 is 3.59. The second kappa shape index (κ2) is 10.4. The Morgan fingerprint density at radius 2 is 2.00 bits per heavy atom. The Hall–Kier alpha value is -1.26. The highest BCUT2D eigenvalue weighted by Crippen LogP contribution is 2.27. The van der Waals surface area contributed by atoms with Gasteiger partial charge >= 0.3 is 0 Å². The summed E-state index contributed by atoms with van der Waals surface area (Å²) in [6.45, 7) is 13.9. The summed E-state index contributed by atoms with van der Waals surface area (Å²) in [5.41, 5.74) is 1.40. The maximum atomic E-state index is 12.9. The Kier molecular flexibility index (Phi) is 8.09. The number of nitrogens with one attached hydrogen (secondary N) is 1. The van der Waals surface area contributed by atoms with Gasteiger partial charge in [0.1, 0.15) is 12.4 Å². The lowest BCUT2D eigenvalue weighted by molar-refractivity contribution is 0.0890. The van der Waals surface area contributed by atoms with Gasteiger partial charge in [-0.05, 0) is 35.1 Å². The quantitative estimate of drug-likeness (QED) is 0.427. The van der Waals surface area contributed by atoms with Crippen molar-refractivity contribution < 1.29 is 9.53 Å². The van der Waals surface area contributed by atoms with Crippen molar-refractivity contribution in [2.24, 2.45) is 0 Å². The van der Waals surface area contributed by atoms with Crippen LogP contribution in [0.2, 0.25) is 25.7 Å². The van der Waals surface area contributed by atoms with Gasteiger partial charge in [-0.15, -0.1) is 0 Å². The Balaban J connectivity index is 1.63. The summed E-state index contributed by atoms with van der Waals surface area (Å²) in [4.78, 5) is 22.2. The lowest BCUT2D eigenvalue weighted by atomic mass is 10.2. The Morgan fingerprint density at radius 3 is 2.70 bits per heavy atom. The van der Waals surface area contributed by atoms with Gasteiger partial charge in [-0.3, -0.25) is 9.69 Å². The highest BCUT2D eigenvalue weighted by molar-refractivity contribution is 9.10. The molecular formula is C21H34BrN5O2Si. The molecule has 1 saturated heterocycles. The molecule has 1 aliphatic heterocycles. The lowest BCUT2D eigenvalue weighted by Crippen LogP contribution is -2.46. The molecule has 30 heavy (non-hydrogen) atoms. The van der Waals surface area contributed by atoms with E-state index in [0.717, 1.165) is 60.9 Å². The van der Waals surface area contributed by atoms with Gasteiger partial charge in [0.25, 0.3) is 5.91 Å². The molecule has 166 valence electrons. The average molecular weight is 497 g/mol. The molecule has 9 heteroatoms. The number of halogens is 1. The molecule has 1 N–H and O–H groups in total. The van der Waals surface area contributed by atoms with Crippen molar-refractivity contribution in [1.29, 1.82) is 0 Å². The summed E-state index contributed by atoms with van der Waals surface area (Å²) in [7, 11) is 1.02. The van der Waals surface area contributed by atoms with Crippen LogP contribution in [0.5, 0.6) is 0 Å². The van der Waals surface area contributed by atoms with Crippen molar-refractivity contribution in [3.63, 3.8) is 0 Å². The number of piperazine rings is 1. The first-order valence-electron chi connectivity index (χ1n) is 10.6. The van der Waals surface area contributed by atoms with Gasteiger partial charge in [-0.2, -0.15) is 0 Å². The van der Waals surface area contributed by atoms with E-state index in [1.54, 1.807) is 6.20 Å². The average Bonchev–Trinajstić information content (AvgIpc) is 3.06. The van der Waals surface area contributed by atoms with E-state index in [4.69, 9.17) is 4.74 Å². The van der Waals surface area contributed by atoms with Crippen molar-refractivity contribution in [3.8, 4) is 0 Å². The maximum absolute atomic E-state index is 12.9. The fourth-order valence-corrected chi connectivity index (χ4v) is 4.75. The highest BCUT2D eigenvalue weighted by Gasteiger charge is 2.19. The van der Waals surface area contributed by atoms with Crippen LogP contribution in [-0.2, 0) is 11.5 Å². The van der Waals surface area contributed by atoms with Gasteiger partial charge in [0.05, 0.1) is 5.56 Å². The van der Waals surface area contributed by atoms with E-state index in [1.807, 2.05) is 16.8 Å². The third-order valence-corrected chi connectivity index (χ3v) is 7.85. The third kappa shape index (κ3) is 6.37. The zero-order valence-electron chi connectivity index (χ0n) is 18.6. The summed E-state index contributed by atoms with van der Waals surface area (Å²) in [6, 6.07) is 2.99. The first kappa shape index (κ1) is 23.4. The monoisotopic (exact) mass is 495 g/mol. The highest BCUT2D eigenvalue weighted by atomic mass is 79.9. The summed E-state index contributed by atoms with van der Waals surface area (Å²) in [5.74, 6) is -0.0660. The van der Waals surface area contributed by atoms with Crippen LogP contribution in [0.4, 0.5) is 0 Å². The molecule has 0 bridgehead atoms. The minimum absolute atomic E-state index is 0.0660. The van der Waals surface area contributed by atoms with Gasteiger partial charge in [0, 0.05) is 76.2 Å². The number of hydrogen-bond donors (Lipinski definition) is 1.